The molecule has 124 valence electrons. The molecule has 1 atom stereocenters. The van der Waals surface area contributed by atoms with Crippen LogP contribution in [0.4, 0.5) is 5.69 Å². The molecular weight excluding hydrogens is 290 g/mol. The van der Waals surface area contributed by atoms with Crippen LogP contribution in [-0.4, -0.2) is 56.0 Å². The summed E-state index contributed by atoms with van der Waals surface area (Å²) in [6.07, 6.45) is 0.341. The zero-order chi connectivity index (χ0) is 16.4. The molecule has 2 aliphatic rings. The maximum absolute atomic E-state index is 12.7. The molecule has 2 fully saturated rings. The quantitative estimate of drug-likeness (QED) is 0.859. The molecule has 0 bridgehead atoms. The minimum atomic E-state index is -0.190. The van der Waals surface area contributed by atoms with Crippen molar-refractivity contribution in [1.29, 1.82) is 0 Å². The van der Waals surface area contributed by atoms with Crippen LogP contribution in [0.25, 0.3) is 0 Å². The average molecular weight is 316 g/mol. The number of nitrogens with one attached hydrogen (secondary N) is 1. The second-order valence-corrected chi connectivity index (χ2v) is 6.62. The molecule has 2 amide bonds. The summed E-state index contributed by atoms with van der Waals surface area (Å²) in [5.41, 5.74) is 2.02. The van der Waals surface area contributed by atoms with E-state index in [-0.39, 0.29) is 17.7 Å². The molecule has 3 rings (SSSR count). The molecule has 1 aromatic rings. The summed E-state index contributed by atoms with van der Waals surface area (Å²) in [6.45, 7) is 9.49. The Morgan fingerprint density at radius 1 is 1.26 bits per heavy atom. The van der Waals surface area contributed by atoms with Crippen LogP contribution in [0.3, 0.4) is 0 Å². The average Bonchev–Trinajstić information content (AvgIpc) is 2.96. The van der Waals surface area contributed by atoms with Gasteiger partial charge in [-0.1, -0.05) is 18.2 Å². The predicted molar refractivity (Wildman–Crippen MR) is 89.5 cm³/mol. The highest BCUT2D eigenvalue weighted by atomic mass is 16.2. The van der Waals surface area contributed by atoms with Gasteiger partial charge in [0.2, 0.25) is 11.8 Å². The number of hydrogen-bond acceptors (Lipinski definition) is 2. The number of rotatable bonds is 3. The third-order valence-electron chi connectivity index (χ3n) is 5.16. The highest BCUT2D eigenvalue weighted by Crippen LogP contribution is 2.28. The Hall–Kier alpha value is -1.88. The van der Waals surface area contributed by atoms with Crippen LogP contribution >= 0.6 is 0 Å². The normalized spacial score (nSPS) is 22.7. The number of nitrogens with zero attached hydrogens (tertiary/aromatic N) is 2. The fourth-order valence-corrected chi connectivity index (χ4v) is 3.63. The van der Waals surface area contributed by atoms with Crippen molar-refractivity contribution in [3.05, 3.63) is 29.8 Å². The van der Waals surface area contributed by atoms with Crippen LogP contribution in [-0.2, 0) is 9.59 Å². The lowest BCUT2D eigenvalue weighted by molar-refractivity contribution is -0.902. The van der Waals surface area contributed by atoms with Crippen molar-refractivity contribution in [1.82, 2.24) is 4.90 Å². The van der Waals surface area contributed by atoms with Crippen molar-refractivity contribution in [2.45, 2.75) is 20.3 Å². The summed E-state index contributed by atoms with van der Waals surface area (Å²) in [5.74, 6) is 0.0327. The number of para-hydroxylation sites is 1. The van der Waals surface area contributed by atoms with E-state index in [1.165, 1.54) is 0 Å². The molecule has 23 heavy (non-hydrogen) atoms. The van der Waals surface area contributed by atoms with Gasteiger partial charge in [0.1, 0.15) is 0 Å². The molecule has 2 aliphatic heterocycles. The number of quaternary nitrogens is 1. The number of carbonyl (C=O) groups is 2. The summed E-state index contributed by atoms with van der Waals surface area (Å²) in [7, 11) is 0. The van der Waals surface area contributed by atoms with Gasteiger partial charge in [0.15, 0.2) is 0 Å². The smallest absolute Gasteiger partial charge is 0.228 e. The van der Waals surface area contributed by atoms with E-state index in [9.17, 15) is 9.59 Å². The van der Waals surface area contributed by atoms with Crippen LogP contribution in [0.1, 0.15) is 18.9 Å². The first kappa shape index (κ1) is 16.0. The summed E-state index contributed by atoms with van der Waals surface area (Å²) in [6, 6.07) is 7.88. The highest BCUT2D eigenvalue weighted by Gasteiger charge is 2.38. The van der Waals surface area contributed by atoms with Crippen molar-refractivity contribution >= 4 is 17.5 Å². The van der Waals surface area contributed by atoms with E-state index in [0.29, 0.717) is 13.0 Å². The summed E-state index contributed by atoms with van der Waals surface area (Å²) < 4.78 is 0. The molecule has 0 aromatic heterocycles. The van der Waals surface area contributed by atoms with E-state index in [2.05, 4.69) is 6.92 Å². The van der Waals surface area contributed by atoms with Gasteiger partial charge in [-0.2, -0.15) is 0 Å². The first-order valence-electron chi connectivity index (χ1n) is 8.58. The molecule has 0 saturated carbocycles. The van der Waals surface area contributed by atoms with Crippen molar-refractivity contribution in [3.63, 3.8) is 0 Å². The molecule has 0 unspecified atom stereocenters. The van der Waals surface area contributed by atoms with Crippen LogP contribution in [0.2, 0.25) is 0 Å². The zero-order valence-corrected chi connectivity index (χ0v) is 14.0. The van der Waals surface area contributed by atoms with Crippen LogP contribution in [0.15, 0.2) is 24.3 Å². The predicted octanol–water partition coefficient (Wildman–Crippen LogP) is 0.0949. The molecule has 1 aromatic carbocycles. The van der Waals surface area contributed by atoms with E-state index < -0.39 is 0 Å². The van der Waals surface area contributed by atoms with Gasteiger partial charge in [-0.3, -0.25) is 9.59 Å². The SMILES string of the molecule is CC[NH+]1CCN(C(=O)[C@@H]2CC(=O)N(c3ccccc3C)C2)CC1. The molecule has 1 N–H and O–H groups in total. The topological polar surface area (TPSA) is 45.1 Å². The number of likely N-dealkylation sites (N-methyl/N-ethyl adjacent to an activating group) is 1. The van der Waals surface area contributed by atoms with Crippen LogP contribution in [0, 0.1) is 12.8 Å². The maximum Gasteiger partial charge on any atom is 0.228 e. The molecule has 0 aliphatic carbocycles. The Labute approximate surface area is 137 Å². The largest absolute Gasteiger partial charge is 0.332 e. The van der Waals surface area contributed by atoms with Crippen LogP contribution < -0.4 is 9.80 Å². The molecule has 5 nitrogen and oxygen atoms in total. The fraction of sp³-hybridized carbons (Fsp3) is 0.556. The number of hydrogen-bond donors (Lipinski definition) is 1. The van der Waals surface area contributed by atoms with E-state index in [1.54, 1.807) is 9.80 Å². The lowest BCUT2D eigenvalue weighted by atomic mass is 10.1. The third-order valence-corrected chi connectivity index (χ3v) is 5.16. The fourth-order valence-electron chi connectivity index (χ4n) is 3.63. The number of anilines is 1. The minimum Gasteiger partial charge on any atom is -0.332 e. The lowest BCUT2D eigenvalue weighted by Gasteiger charge is -2.33. The second kappa shape index (κ2) is 6.71. The van der Waals surface area contributed by atoms with Crippen molar-refractivity contribution in [2.24, 2.45) is 5.92 Å². The Balaban J connectivity index is 1.66. The van der Waals surface area contributed by atoms with E-state index in [0.717, 1.165) is 44.0 Å². The third kappa shape index (κ3) is 3.24. The molecule has 0 spiro atoms. The van der Waals surface area contributed by atoms with Crippen molar-refractivity contribution in [2.75, 3.05) is 44.2 Å². The maximum atomic E-state index is 12.7. The van der Waals surface area contributed by atoms with Gasteiger partial charge in [0.05, 0.1) is 38.6 Å². The van der Waals surface area contributed by atoms with E-state index >= 15 is 0 Å². The van der Waals surface area contributed by atoms with Crippen molar-refractivity contribution in [3.8, 4) is 0 Å². The lowest BCUT2D eigenvalue weighted by Crippen LogP contribution is -3.14. The van der Waals surface area contributed by atoms with Gasteiger partial charge >= 0.3 is 0 Å². The van der Waals surface area contributed by atoms with Crippen LogP contribution in [0.5, 0.6) is 0 Å². The molecule has 0 radical (unpaired) electrons. The molecule has 2 saturated heterocycles. The van der Waals surface area contributed by atoms with Gasteiger partial charge in [-0.15, -0.1) is 0 Å². The first-order valence-corrected chi connectivity index (χ1v) is 8.58. The van der Waals surface area contributed by atoms with Gasteiger partial charge in [-0.05, 0) is 25.5 Å². The summed E-state index contributed by atoms with van der Waals surface area (Å²) >= 11 is 0. The van der Waals surface area contributed by atoms with E-state index in [4.69, 9.17) is 0 Å². The van der Waals surface area contributed by atoms with Crippen molar-refractivity contribution < 1.29 is 14.5 Å². The Morgan fingerprint density at radius 2 is 1.96 bits per heavy atom. The molecule has 5 heteroatoms. The molecule has 2 heterocycles. The Kier molecular flexibility index (Phi) is 4.66. The second-order valence-electron chi connectivity index (χ2n) is 6.62. The van der Waals surface area contributed by atoms with E-state index in [1.807, 2.05) is 36.1 Å². The first-order chi connectivity index (χ1) is 11.1. The van der Waals surface area contributed by atoms with Gasteiger partial charge in [-0.25, -0.2) is 0 Å². The summed E-state index contributed by atoms with van der Waals surface area (Å²) in [5, 5.41) is 0. The number of aryl methyl sites for hydroxylation is 1. The standard InChI is InChI=1S/C18H25N3O2/c1-3-19-8-10-20(11-9-19)18(23)15-12-17(22)21(13-15)16-7-5-4-6-14(16)2/h4-7,15H,3,8-13H2,1-2H3/p+1/t15-/m1/s1. The minimum absolute atomic E-state index is 0.0652. The van der Waals surface area contributed by atoms with Gasteiger partial charge in [0.25, 0.3) is 0 Å². The highest BCUT2D eigenvalue weighted by molar-refractivity contribution is 6.00. The number of benzene rings is 1. The Morgan fingerprint density at radius 3 is 2.61 bits per heavy atom. The van der Waals surface area contributed by atoms with Gasteiger partial charge < -0.3 is 14.7 Å². The zero-order valence-electron chi connectivity index (χ0n) is 14.0. The number of piperazine rings is 1. The Bertz CT molecular complexity index is 594. The monoisotopic (exact) mass is 316 g/mol. The van der Waals surface area contributed by atoms with Gasteiger partial charge in [0, 0.05) is 18.7 Å². The molecular formula is C18H26N3O2+. The summed E-state index contributed by atoms with van der Waals surface area (Å²) in [4.78, 5) is 30.4. The number of amides is 2. The number of carbonyl (C=O) groups excluding carboxylic acids is 2.